The van der Waals surface area contributed by atoms with Gasteiger partial charge in [0.2, 0.25) is 0 Å². The number of fused-ring (bicyclic) bond motifs is 1. The van der Waals surface area contributed by atoms with Gasteiger partial charge in [0.25, 0.3) is 5.91 Å². The number of ether oxygens (including phenoxy) is 1. The van der Waals surface area contributed by atoms with E-state index in [4.69, 9.17) is 4.74 Å². The molecule has 2 heterocycles. The van der Waals surface area contributed by atoms with Crippen molar-refractivity contribution in [3.8, 4) is 6.07 Å². The van der Waals surface area contributed by atoms with Gasteiger partial charge in [0, 0.05) is 12.5 Å². The van der Waals surface area contributed by atoms with Crippen molar-refractivity contribution in [2.45, 2.75) is 52.1 Å². The summed E-state index contributed by atoms with van der Waals surface area (Å²) in [5, 5.41) is 15.2. The van der Waals surface area contributed by atoms with Gasteiger partial charge in [-0.1, -0.05) is 6.08 Å². The highest BCUT2D eigenvalue weighted by atomic mass is 32.1. The molecule has 6 nitrogen and oxygen atoms in total. The van der Waals surface area contributed by atoms with Gasteiger partial charge < -0.3 is 15.4 Å². The van der Waals surface area contributed by atoms with Crippen molar-refractivity contribution in [1.29, 1.82) is 5.26 Å². The van der Waals surface area contributed by atoms with E-state index in [0.717, 1.165) is 16.9 Å². The summed E-state index contributed by atoms with van der Waals surface area (Å²) in [7, 11) is 0. The Morgan fingerprint density at radius 1 is 1.40 bits per heavy atom. The van der Waals surface area contributed by atoms with Crippen LogP contribution in [0.4, 0.5) is 5.00 Å². The molecule has 1 amide bonds. The Morgan fingerprint density at radius 2 is 2.08 bits per heavy atom. The monoisotopic (exact) mass is 362 g/mol. The molecule has 3 N–H and O–H groups in total. The Hall–Kier alpha value is -2.17. The standard InChI is InChI=1S/C18H23N3O3S/c1-6-7-14(23)24-10-13(22)20-16-12(9-19)11-8-17(2,3)21-18(4,5)15(11)25-16/h6-7,21H,8,10H2,1-5H3,(H,20,22)/p+1/b7-6+. The number of hydrogen-bond acceptors (Lipinski definition) is 5. The van der Waals surface area contributed by atoms with E-state index in [0.29, 0.717) is 10.6 Å². The van der Waals surface area contributed by atoms with Crippen molar-refractivity contribution in [2.24, 2.45) is 0 Å². The molecule has 2 rings (SSSR count). The average Bonchev–Trinajstić information content (AvgIpc) is 2.81. The van der Waals surface area contributed by atoms with E-state index in [1.807, 2.05) is 0 Å². The maximum absolute atomic E-state index is 12.1. The van der Waals surface area contributed by atoms with Crippen LogP contribution in [0.15, 0.2) is 12.2 Å². The van der Waals surface area contributed by atoms with Gasteiger partial charge in [0.1, 0.15) is 16.6 Å². The number of allylic oxidation sites excluding steroid dienone is 1. The molecule has 0 radical (unpaired) electrons. The molecule has 0 fully saturated rings. The predicted molar refractivity (Wildman–Crippen MR) is 96.2 cm³/mol. The van der Waals surface area contributed by atoms with Crippen LogP contribution in [0, 0.1) is 11.3 Å². The summed E-state index contributed by atoms with van der Waals surface area (Å²) >= 11 is 1.43. The maximum atomic E-state index is 12.1. The van der Waals surface area contributed by atoms with Crippen LogP contribution < -0.4 is 10.6 Å². The second kappa shape index (κ2) is 6.98. The second-order valence-corrected chi connectivity index (χ2v) is 8.43. The number of nitrogens with one attached hydrogen (secondary N) is 1. The lowest BCUT2D eigenvalue weighted by Crippen LogP contribution is -3.03. The number of nitriles is 1. The summed E-state index contributed by atoms with van der Waals surface area (Å²) in [5.41, 5.74) is 1.33. The fourth-order valence-corrected chi connectivity index (χ4v) is 4.65. The molecule has 0 spiro atoms. The lowest BCUT2D eigenvalue weighted by molar-refractivity contribution is -0.789. The highest BCUT2D eigenvalue weighted by molar-refractivity contribution is 7.16. The molecule has 1 aliphatic rings. The minimum atomic E-state index is -0.568. The molecule has 1 aromatic rings. The molecule has 7 heteroatoms. The van der Waals surface area contributed by atoms with Crippen LogP contribution in [-0.4, -0.2) is 24.0 Å². The zero-order chi connectivity index (χ0) is 18.8. The molecule has 1 aliphatic heterocycles. The van der Waals surface area contributed by atoms with Crippen molar-refractivity contribution in [3.05, 3.63) is 28.2 Å². The Kier molecular flexibility index (Phi) is 5.35. The minimum Gasteiger partial charge on any atom is -0.452 e. The summed E-state index contributed by atoms with van der Waals surface area (Å²) < 4.78 is 4.84. The maximum Gasteiger partial charge on any atom is 0.330 e. The molecule has 1 aromatic heterocycles. The first-order valence-electron chi connectivity index (χ1n) is 8.12. The van der Waals surface area contributed by atoms with Crippen LogP contribution >= 0.6 is 11.3 Å². The lowest BCUT2D eigenvalue weighted by Gasteiger charge is -2.38. The van der Waals surface area contributed by atoms with Gasteiger partial charge in [0.15, 0.2) is 6.61 Å². The third-order valence-corrected chi connectivity index (χ3v) is 5.48. The van der Waals surface area contributed by atoms with Crippen molar-refractivity contribution in [2.75, 3.05) is 11.9 Å². The molecule has 0 unspecified atom stereocenters. The van der Waals surface area contributed by atoms with Crippen LogP contribution in [0.2, 0.25) is 0 Å². The van der Waals surface area contributed by atoms with Crippen molar-refractivity contribution < 1.29 is 19.6 Å². The smallest absolute Gasteiger partial charge is 0.330 e. The Balaban J connectivity index is 2.24. The number of carbonyl (C=O) groups excluding carboxylic acids is 2. The number of quaternary nitrogens is 1. The SMILES string of the molecule is C/C=C/C(=O)OCC(=O)Nc1sc2c(c1C#N)CC(C)(C)[NH2+]C2(C)C. The largest absolute Gasteiger partial charge is 0.452 e. The van der Waals surface area contributed by atoms with E-state index in [-0.39, 0.29) is 17.7 Å². The number of amides is 1. The molecule has 0 saturated carbocycles. The molecule has 0 atom stereocenters. The zero-order valence-corrected chi connectivity index (χ0v) is 16.0. The number of hydrogen-bond donors (Lipinski definition) is 2. The van der Waals surface area contributed by atoms with Gasteiger partial charge >= 0.3 is 5.97 Å². The summed E-state index contributed by atoms with van der Waals surface area (Å²) in [6.07, 6.45) is 3.55. The highest BCUT2D eigenvalue weighted by Crippen LogP contribution is 2.41. The number of nitrogens with zero attached hydrogens (tertiary/aromatic N) is 1. The van der Waals surface area contributed by atoms with Crippen LogP contribution in [0.5, 0.6) is 0 Å². The number of carbonyl (C=O) groups is 2. The molecule has 0 saturated heterocycles. The van der Waals surface area contributed by atoms with E-state index in [2.05, 4.69) is 44.4 Å². The first kappa shape index (κ1) is 19.2. The minimum absolute atomic E-state index is 0.0214. The quantitative estimate of drug-likeness (QED) is 0.631. The Morgan fingerprint density at radius 3 is 2.68 bits per heavy atom. The summed E-state index contributed by atoms with van der Waals surface area (Å²) in [4.78, 5) is 24.5. The summed E-state index contributed by atoms with van der Waals surface area (Å²) in [5.74, 6) is -1.02. The topological polar surface area (TPSA) is 95.8 Å². The van der Waals surface area contributed by atoms with E-state index in [9.17, 15) is 14.9 Å². The third kappa shape index (κ3) is 4.27. The van der Waals surface area contributed by atoms with E-state index in [1.165, 1.54) is 17.4 Å². The van der Waals surface area contributed by atoms with Gasteiger partial charge in [-0.15, -0.1) is 11.3 Å². The van der Waals surface area contributed by atoms with Crippen LogP contribution in [0.3, 0.4) is 0 Å². The number of esters is 1. The van der Waals surface area contributed by atoms with Gasteiger partial charge in [0.05, 0.1) is 16.0 Å². The molecule has 134 valence electrons. The first-order valence-corrected chi connectivity index (χ1v) is 8.94. The third-order valence-electron chi connectivity index (χ3n) is 3.99. The number of nitrogens with two attached hydrogens (primary N) is 1. The molecular weight excluding hydrogens is 338 g/mol. The van der Waals surface area contributed by atoms with E-state index >= 15 is 0 Å². The molecule has 0 aliphatic carbocycles. The van der Waals surface area contributed by atoms with Gasteiger partial charge in [-0.2, -0.15) is 5.26 Å². The predicted octanol–water partition coefficient (Wildman–Crippen LogP) is 1.81. The summed E-state index contributed by atoms with van der Waals surface area (Å²) in [6.45, 7) is 9.85. The van der Waals surface area contributed by atoms with Crippen LogP contribution in [0.1, 0.15) is 50.6 Å². The molecular formula is C18H24N3O3S+. The van der Waals surface area contributed by atoms with E-state index in [1.54, 1.807) is 13.0 Å². The zero-order valence-electron chi connectivity index (χ0n) is 15.2. The fraction of sp³-hybridized carbons (Fsp3) is 0.500. The highest BCUT2D eigenvalue weighted by Gasteiger charge is 2.44. The lowest BCUT2D eigenvalue weighted by atomic mass is 9.81. The van der Waals surface area contributed by atoms with Crippen LogP contribution in [0.25, 0.3) is 0 Å². The molecule has 0 bridgehead atoms. The average molecular weight is 362 g/mol. The van der Waals surface area contributed by atoms with Crippen molar-refractivity contribution >= 4 is 28.2 Å². The van der Waals surface area contributed by atoms with Crippen LogP contribution in [-0.2, 0) is 26.3 Å². The number of rotatable bonds is 4. The van der Waals surface area contributed by atoms with Gasteiger partial charge in [-0.3, -0.25) is 4.79 Å². The summed E-state index contributed by atoms with van der Waals surface area (Å²) in [6, 6.07) is 2.23. The van der Waals surface area contributed by atoms with Crippen molar-refractivity contribution in [1.82, 2.24) is 0 Å². The fourth-order valence-electron chi connectivity index (χ4n) is 3.39. The van der Waals surface area contributed by atoms with Gasteiger partial charge in [-0.05, 0) is 40.2 Å². The van der Waals surface area contributed by atoms with E-state index < -0.39 is 11.9 Å². The van der Waals surface area contributed by atoms with Gasteiger partial charge in [-0.25, -0.2) is 4.79 Å². The number of anilines is 1. The second-order valence-electron chi connectivity index (χ2n) is 7.41. The van der Waals surface area contributed by atoms with Crippen molar-refractivity contribution in [3.63, 3.8) is 0 Å². The molecule has 25 heavy (non-hydrogen) atoms. The normalized spacial score (nSPS) is 17.6. The first-order chi connectivity index (χ1) is 11.6. The number of thiophene rings is 1. The Bertz CT molecular complexity index is 769. The Labute approximate surface area is 151 Å². The molecule has 0 aromatic carbocycles.